The molecular formula is C40H24N4S. The maximum absolute atomic E-state index is 5.41. The highest BCUT2D eigenvalue weighted by Gasteiger charge is 2.21. The van der Waals surface area contributed by atoms with E-state index in [0.29, 0.717) is 5.82 Å². The number of hydrogen-bond donors (Lipinski definition) is 0. The van der Waals surface area contributed by atoms with Gasteiger partial charge in [-0.2, -0.15) is 0 Å². The summed E-state index contributed by atoms with van der Waals surface area (Å²) in [6.07, 6.45) is 0. The van der Waals surface area contributed by atoms with E-state index in [4.69, 9.17) is 9.97 Å². The zero-order valence-corrected chi connectivity index (χ0v) is 24.9. The molecule has 4 nitrogen and oxygen atoms in total. The van der Waals surface area contributed by atoms with Crippen molar-refractivity contribution in [2.45, 2.75) is 0 Å². The van der Waals surface area contributed by atoms with Crippen molar-refractivity contribution in [1.82, 2.24) is 19.1 Å². The van der Waals surface area contributed by atoms with Gasteiger partial charge in [-0.3, -0.25) is 4.57 Å². The smallest absolute Gasteiger partial charge is 0.162 e. The van der Waals surface area contributed by atoms with Crippen molar-refractivity contribution in [2.24, 2.45) is 0 Å². The second-order valence-electron chi connectivity index (χ2n) is 11.4. The second kappa shape index (κ2) is 9.36. The van der Waals surface area contributed by atoms with Gasteiger partial charge in [-0.15, -0.1) is 11.3 Å². The van der Waals surface area contributed by atoms with Crippen LogP contribution in [-0.2, 0) is 0 Å². The molecule has 210 valence electrons. The molecule has 0 spiro atoms. The molecule has 0 bridgehead atoms. The fourth-order valence-electron chi connectivity index (χ4n) is 6.99. The average molecular weight is 593 g/mol. The van der Waals surface area contributed by atoms with E-state index in [1.165, 1.54) is 37.3 Å². The minimum atomic E-state index is 0.713. The molecule has 0 aliphatic carbocycles. The van der Waals surface area contributed by atoms with Gasteiger partial charge in [0.2, 0.25) is 0 Å². The van der Waals surface area contributed by atoms with Gasteiger partial charge < -0.3 is 4.57 Å². The first-order valence-corrected chi connectivity index (χ1v) is 15.9. The van der Waals surface area contributed by atoms with Gasteiger partial charge in [0.15, 0.2) is 11.6 Å². The molecule has 0 N–H and O–H groups in total. The van der Waals surface area contributed by atoms with Crippen molar-refractivity contribution >= 4 is 75.3 Å². The number of rotatable bonds is 3. The van der Waals surface area contributed by atoms with Gasteiger partial charge in [-0.25, -0.2) is 9.97 Å². The van der Waals surface area contributed by atoms with Gasteiger partial charge >= 0.3 is 0 Å². The monoisotopic (exact) mass is 592 g/mol. The summed E-state index contributed by atoms with van der Waals surface area (Å²) in [7, 11) is 0. The molecule has 0 atom stereocenters. The number of hydrogen-bond acceptors (Lipinski definition) is 3. The first-order chi connectivity index (χ1) is 22.3. The second-order valence-corrected chi connectivity index (χ2v) is 12.5. The summed E-state index contributed by atoms with van der Waals surface area (Å²) in [6, 6.07) is 51.7. The predicted molar refractivity (Wildman–Crippen MR) is 189 cm³/mol. The lowest BCUT2D eigenvalue weighted by atomic mass is 10.1. The first kappa shape index (κ1) is 24.6. The lowest BCUT2D eigenvalue weighted by Crippen LogP contribution is -2.02. The number of nitrogens with zero attached hydrogens (tertiary/aromatic N) is 4. The Labute approximate surface area is 262 Å². The summed E-state index contributed by atoms with van der Waals surface area (Å²) in [5.41, 5.74) is 7.70. The molecule has 10 aromatic rings. The fraction of sp³-hybridized carbons (Fsp3) is 0. The Morgan fingerprint density at radius 3 is 1.56 bits per heavy atom. The molecule has 0 aliphatic heterocycles. The minimum absolute atomic E-state index is 0.713. The number of aromatic nitrogens is 4. The molecule has 10 rings (SSSR count). The quantitative estimate of drug-likeness (QED) is 0.205. The standard InChI is InChI=1S/C40H24N4S/c1-6-19-32-27(14-1)28-15-2-7-20-33(28)43(32)26-13-11-12-25(24-26)39-41-37-31-18-5-10-23-36(31)45-38(37)40(42-39)44-34-21-8-3-16-29(34)30-17-4-9-22-35(30)44/h1-24H. The van der Waals surface area contributed by atoms with E-state index in [1.807, 2.05) is 0 Å². The molecule has 0 radical (unpaired) electrons. The van der Waals surface area contributed by atoms with Crippen molar-refractivity contribution in [3.63, 3.8) is 0 Å². The third kappa shape index (κ3) is 3.53. The lowest BCUT2D eigenvalue weighted by Gasteiger charge is -2.12. The molecule has 0 amide bonds. The Bertz CT molecular complexity index is 2670. The number of benzene rings is 6. The largest absolute Gasteiger partial charge is 0.309 e. The van der Waals surface area contributed by atoms with Gasteiger partial charge in [-0.05, 0) is 42.5 Å². The Morgan fingerprint density at radius 2 is 0.956 bits per heavy atom. The van der Waals surface area contributed by atoms with E-state index in [0.717, 1.165) is 43.7 Å². The van der Waals surface area contributed by atoms with Gasteiger partial charge in [0, 0.05) is 42.9 Å². The molecule has 0 saturated heterocycles. The molecule has 0 unspecified atom stereocenters. The fourth-order valence-corrected chi connectivity index (χ4v) is 8.11. The normalized spacial score (nSPS) is 12.0. The van der Waals surface area contributed by atoms with Gasteiger partial charge in [0.05, 0.1) is 32.3 Å². The van der Waals surface area contributed by atoms with Gasteiger partial charge in [-0.1, -0.05) is 103 Å². The summed E-state index contributed by atoms with van der Waals surface area (Å²) in [5.74, 6) is 1.63. The summed E-state index contributed by atoms with van der Waals surface area (Å²) in [5, 5.41) is 6.08. The van der Waals surface area contributed by atoms with E-state index in [-0.39, 0.29) is 0 Å². The zero-order valence-electron chi connectivity index (χ0n) is 24.1. The van der Waals surface area contributed by atoms with E-state index < -0.39 is 0 Å². The third-order valence-electron chi connectivity index (χ3n) is 8.94. The highest BCUT2D eigenvalue weighted by molar-refractivity contribution is 7.26. The van der Waals surface area contributed by atoms with Crippen LogP contribution >= 0.6 is 11.3 Å². The number of fused-ring (bicyclic) bond motifs is 9. The lowest BCUT2D eigenvalue weighted by molar-refractivity contribution is 1.08. The molecule has 0 saturated carbocycles. The van der Waals surface area contributed by atoms with Gasteiger partial charge in [0.1, 0.15) is 0 Å². The van der Waals surface area contributed by atoms with Crippen molar-refractivity contribution in [2.75, 3.05) is 0 Å². The van der Waals surface area contributed by atoms with Crippen molar-refractivity contribution < 1.29 is 0 Å². The summed E-state index contributed by atoms with van der Waals surface area (Å²) in [4.78, 5) is 10.7. The summed E-state index contributed by atoms with van der Waals surface area (Å²) < 4.78 is 6.97. The molecule has 6 aromatic carbocycles. The number of thiophene rings is 1. The van der Waals surface area contributed by atoms with Crippen molar-refractivity contribution in [1.29, 1.82) is 0 Å². The van der Waals surface area contributed by atoms with Crippen LogP contribution in [0.5, 0.6) is 0 Å². The van der Waals surface area contributed by atoms with E-state index in [2.05, 4.69) is 155 Å². The Kier molecular flexibility index (Phi) is 5.12. The van der Waals surface area contributed by atoms with Crippen LogP contribution in [0, 0.1) is 0 Å². The Balaban J connectivity index is 1.28. The molecule has 4 aromatic heterocycles. The molecular weight excluding hydrogens is 569 g/mol. The van der Waals surface area contributed by atoms with Crippen molar-refractivity contribution in [3.05, 3.63) is 146 Å². The maximum atomic E-state index is 5.41. The number of para-hydroxylation sites is 4. The highest BCUT2D eigenvalue weighted by atomic mass is 32.1. The Hall–Kier alpha value is -5.78. The summed E-state index contributed by atoms with van der Waals surface area (Å²) in [6.45, 7) is 0. The van der Waals surface area contributed by atoms with Crippen LogP contribution in [-0.4, -0.2) is 19.1 Å². The van der Waals surface area contributed by atoms with Gasteiger partial charge in [0.25, 0.3) is 0 Å². The van der Waals surface area contributed by atoms with Crippen LogP contribution in [0.15, 0.2) is 146 Å². The third-order valence-corrected chi connectivity index (χ3v) is 10.1. The first-order valence-electron chi connectivity index (χ1n) is 15.1. The Morgan fingerprint density at radius 1 is 0.444 bits per heavy atom. The van der Waals surface area contributed by atoms with Crippen LogP contribution in [0.4, 0.5) is 0 Å². The van der Waals surface area contributed by atoms with Crippen LogP contribution in [0.1, 0.15) is 0 Å². The molecule has 5 heteroatoms. The highest BCUT2D eigenvalue weighted by Crippen LogP contribution is 2.41. The van der Waals surface area contributed by atoms with E-state index in [1.54, 1.807) is 11.3 Å². The predicted octanol–water partition coefficient (Wildman–Crippen LogP) is 10.7. The summed E-state index contributed by atoms with van der Waals surface area (Å²) >= 11 is 1.76. The molecule has 0 fully saturated rings. The topological polar surface area (TPSA) is 35.6 Å². The molecule has 0 aliphatic rings. The SMILES string of the molecule is c1cc(-c2nc(-n3c4ccccc4c4ccccc43)c3sc4ccccc4c3n2)cc(-n2c3ccccc3c3ccccc32)c1. The van der Waals surface area contributed by atoms with Crippen LogP contribution in [0.25, 0.3) is 86.8 Å². The molecule has 4 heterocycles. The molecule has 45 heavy (non-hydrogen) atoms. The van der Waals surface area contributed by atoms with Crippen LogP contribution in [0.2, 0.25) is 0 Å². The van der Waals surface area contributed by atoms with Crippen LogP contribution < -0.4 is 0 Å². The maximum Gasteiger partial charge on any atom is 0.162 e. The zero-order chi connectivity index (χ0) is 29.5. The van der Waals surface area contributed by atoms with E-state index >= 15 is 0 Å². The van der Waals surface area contributed by atoms with Crippen LogP contribution in [0.3, 0.4) is 0 Å². The van der Waals surface area contributed by atoms with E-state index in [9.17, 15) is 0 Å². The average Bonchev–Trinajstić information content (AvgIpc) is 3.76. The minimum Gasteiger partial charge on any atom is -0.309 e. The van der Waals surface area contributed by atoms with Crippen molar-refractivity contribution in [3.8, 4) is 22.9 Å².